The van der Waals surface area contributed by atoms with Crippen molar-refractivity contribution in [3.63, 3.8) is 0 Å². The molecular weight excluding hydrogens is 548 g/mol. The van der Waals surface area contributed by atoms with E-state index >= 15 is 0 Å². The van der Waals surface area contributed by atoms with E-state index in [-0.39, 0.29) is 30.8 Å². The van der Waals surface area contributed by atoms with Crippen LogP contribution in [0.1, 0.15) is 24.5 Å². The zero-order valence-corrected chi connectivity index (χ0v) is 23.9. The Morgan fingerprint density at radius 2 is 1.69 bits per heavy atom. The fraction of sp³-hybridized carbons (Fsp3) is 0.552. The molecule has 5 unspecified atom stereocenters. The minimum absolute atomic E-state index is 0.0473. The fourth-order valence-electron chi connectivity index (χ4n) is 7.06. The Labute approximate surface area is 243 Å². The van der Waals surface area contributed by atoms with Crippen molar-refractivity contribution in [1.29, 1.82) is 0 Å². The third-order valence-electron chi connectivity index (χ3n) is 9.34. The van der Waals surface area contributed by atoms with E-state index in [2.05, 4.69) is 10.2 Å². The summed E-state index contributed by atoms with van der Waals surface area (Å²) < 4.78 is 0. The Morgan fingerprint density at radius 3 is 2.31 bits per heavy atom. The monoisotopic (exact) mass is 586 g/mol. The number of carbonyl (C=O) groups excluding carboxylic acids is 3. The molecule has 1 heterocycles. The second kappa shape index (κ2) is 10.7. The van der Waals surface area contributed by atoms with Crippen LogP contribution in [0.15, 0.2) is 35.2 Å². The van der Waals surface area contributed by atoms with Crippen molar-refractivity contribution in [2.45, 2.75) is 30.6 Å². The molecular formula is C29H38N4O9. The van der Waals surface area contributed by atoms with Crippen LogP contribution in [0.25, 0.3) is 5.76 Å². The number of aliphatic hydroxyl groups excluding tert-OH is 3. The third-order valence-corrected chi connectivity index (χ3v) is 9.34. The first-order chi connectivity index (χ1) is 19.8. The first kappa shape index (κ1) is 30.1. The Kier molecular flexibility index (Phi) is 7.71. The van der Waals surface area contributed by atoms with E-state index in [9.17, 15) is 39.9 Å². The normalized spacial score (nSPS) is 33.4. The number of piperazine rings is 1. The number of phenolic OH excluding ortho intramolecular Hbond substituents is 1. The molecule has 3 fully saturated rings. The van der Waals surface area contributed by atoms with Gasteiger partial charge in [-0.25, -0.2) is 0 Å². The number of ketones is 3. The van der Waals surface area contributed by atoms with Crippen LogP contribution in [0.3, 0.4) is 0 Å². The number of phenols is 1. The number of nitrogens with one attached hydrogen (secondary N) is 1. The Bertz CT molecular complexity index is 1380. The summed E-state index contributed by atoms with van der Waals surface area (Å²) in [6.07, 6.45) is -0.219. The van der Waals surface area contributed by atoms with E-state index < -0.39 is 75.0 Å². The van der Waals surface area contributed by atoms with Gasteiger partial charge < -0.3 is 36.0 Å². The molecule has 2 saturated carbocycles. The minimum atomic E-state index is -2.83. The number of hydrogen-bond donors (Lipinski definition) is 7. The van der Waals surface area contributed by atoms with Crippen LogP contribution in [-0.2, 0) is 20.0 Å². The smallest absolute Gasteiger partial charge is 0.211 e. The van der Waals surface area contributed by atoms with Crippen molar-refractivity contribution in [2.75, 3.05) is 60.1 Å². The lowest BCUT2D eigenvalue weighted by atomic mass is 9.53. The van der Waals surface area contributed by atoms with Gasteiger partial charge in [0.25, 0.3) is 0 Å². The number of nitrogens with zero attached hydrogens (tertiary/aromatic N) is 3. The van der Waals surface area contributed by atoms with E-state index in [1.54, 1.807) is 14.1 Å². The fourth-order valence-corrected chi connectivity index (χ4v) is 7.06. The van der Waals surface area contributed by atoms with Crippen LogP contribution in [0.4, 0.5) is 0 Å². The van der Waals surface area contributed by atoms with Crippen LogP contribution < -0.4 is 5.32 Å². The highest BCUT2D eigenvalue weighted by molar-refractivity contribution is 6.35. The SMILES string of the molecule is CN(C)C1C(=O)/C(=C(/O)NCN2CCN(CCO)CC2)C(=O)C2(O)C(=O)C3=C(O)c4c(O)cccc4C(C)(O)C3CC12. The topological polar surface area (TPSA) is 194 Å². The number of rotatable bonds is 6. The summed E-state index contributed by atoms with van der Waals surface area (Å²) in [7, 11) is 3.10. The maximum atomic E-state index is 14.1. The molecule has 1 aromatic rings. The highest BCUT2D eigenvalue weighted by Gasteiger charge is 2.68. The maximum Gasteiger partial charge on any atom is 0.211 e. The van der Waals surface area contributed by atoms with Gasteiger partial charge in [-0.05, 0) is 39.1 Å². The van der Waals surface area contributed by atoms with Gasteiger partial charge in [0.05, 0.1) is 30.5 Å². The van der Waals surface area contributed by atoms with Gasteiger partial charge >= 0.3 is 0 Å². The second-order valence-corrected chi connectivity index (χ2v) is 11.9. The summed E-state index contributed by atoms with van der Waals surface area (Å²) in [5.74, 6) is -7.49. The Morgan fingerprint density at radius 1 is 1.05 bits per heavy atom. The molecule has 4 aliphatic rings. The summed E-state index contributed by atoms with van der Waals surface area (Å²) in [6.45, 7) is 4.66. The van der Waals surface area contributed by atoms with Gasteiger partial charge in [0.15, 0.2) is 17.3 Å². The van der Waals surface area contributed by atoms with Crippen molar-refractivity contribution in [3.05, 3.63) is 46.4 Å². The molecule has 0 bridgehead atoms. The molecule has 13 heteroatoms. The van der Waals surface area contributed by atoms with Gasteiger partial charge in [0.1, 0.15) is 17.1 Å². The highest BCUT2D eigenvalue weighted by Crippen LogP contribution is 2.56. The van der Waals surface area contributed by atoms with E-state index in [0.29, 0.717) is 32.7 Å². The van der Waals surface area contributed by atoms with Crippen LogP contribution in [0.5, 0.6) is 5.75 Å². The number of aromatic hydroxyl groups is 1. The van der Waals surface area contributed by atoms with Gasteiger partial charge in [-0.15, -0.1) is 0 Å². The summed E-state index contributed by atoms with van der Waals surface area (Å²) in [4.78, 5) is 47.3. The molecule has 5 atom stereocenters. The number of benzene rings is 1. The molecule has 42 heavy (non-hydrogen) atoms. The quantitative estimate of drug-likeness (QED) is 0.0913. The predicted molar refractivity (Wildman–Crippen MR) is 149 cm³/mol. The molecule has 228 valence electrons. The average molecular weight is 587 g/mol. The second-order valence-electron chi connectivity index (χ2n) is 11.9. The summed E-state index contributed by atoms with van der Waals surface area (Å²) in [5.41, 5.74) is -5.80. The first-order valence-electron chi connectivity index (χ1n) is 14.0. The van der Waals surface area contributed by atoms with Gasteiger partial charge in [-0.3, -0.25) is 29.1 Å². The zero-order chi connectivity index (χ0) is 30.7. The van der Waals surface area contributed by atoms with Gasteiger partial charge in [-0.1, -0.05) is 12.1 Å². The molecule has 0 amide bonds. The molecule has 13 nitrogen and oxygen atoms in total. The number of fused-ring (bicyclic) bond motifs is 3. The summed E-state index contributed by atoms with van der Waals surface area (Å²) in [5, 5.41) is 68.1. The van der Waals surface area contributed by atoms with Crippen molar-refractivity contribution in [3.8, 4) is 5.75 Å². The number of hydrogen-bond acceptors (Lipinski definition) is 13. The minimum Gasteiger partial charge on any atom is -0.507 e. The summed E-state index contributed by atoms with van der Waals surface area (Å²) in [6, 6.07) is 3.05. The lowest BCUT2D eigenvalue weighted by molar-refractivity contribution is -0.169. The van der Waals surface area contributed by atoms with Crippen molar-refractivity contribution >= 4 is 23.1 Å². The molecule has 3 aliphatic carbocycles. The lowest BCUT2D eigenvalue weighted by Crippen LogP contribution is -2.70. The number of carbonyl (C=O) groups is 3. The predicted octanol–water partition coefficient (Wildman–Crippen LogP) is -1.17. The summed E-state index contributed by atoms with van der Waals surface area (Å²) >= 11 is 0. The van der Waals surface area contributed by atoms with Gasteiger partial charge in [0, 0.05) is 50.1 Å². The van der Waals surface area contributed by atoms with Crippen LogP contribution in [0.2, 0.25) is 0 Å². The molecule has 0 radical (unpaired) electrons. The molecule has 7 N–H and O–H groups in total. The molecule has 5 rings (SSSR count). The Balaban J connectivity index is 1.53. The zero-order valence-electron chi connectivity index (χ0n) is 23.9. The van der Waals surface area contributed by atoms with Crippen LogP contribution >= 0.6 is 0 Å². The van der Waals surface area contributed by atoms with E-state index in [0.717, 1.165) is 0 Å². The van der Waals surface area contributed by atoms with Gasteiger partial charge in [-0.2, -0.15) is 0 Å². The van der Waals surface area contributed by atoms with E-state index in [1.165, 1.54) is 30.0 Å². The largest absolute Gasteiger partial charge is 0.507 e. The van der Waals surface area contributed by atoms with Crippen molar-refractivity contribution < 1.29 is 45.0 Å². The van der Waals surface area contributed by atoms with Gasteiger partial charge in [0.2, 0.25) is 11.6 Å². The maximum absolute atomic E-state index is 14.1. The van der Waals surface area contributed by atoms with Crippen LogP contribution in [0, 0.1) is 11.8 Å². The molecule has 0 aromatic heterocycles. The van der Waals surface area contributed by atoms with E-state index in [4.69, 9.17) is 5.11 Å². The lowest BCUT2D eigenvalue weighted by Gasteiger charge is -2.53. The van der Waals surface area contributed by atoms with Crippen molar-refractivity contribution in [1.82, 2.24) is 20.0 Å². The standard InChI is InChI=1S/C29H38N4O9/c1-28(41)15-5-4-6-18(35)19(15)23(36)20-16(28)13-17-22(31(2)3)24(37)21(26(39)29(17,42)25(20)38)27(40)30-14-33-9-7-32(8-10-33)11-12-34/h4-6,16-17,22,30,34-36,40-42H,7-14H2,1-3H3/b27-21-. The van der Waals surface area contributed by atoms with Crippen molar-refractivity contribution in [2.24, 2.45) is 11.8 Å². The molecule has 1 aliphatic heterocycles. The van der Waals surface area contributed by atoms with E-state index in [1.807, 2.05) is 4.90 Å². The first-order valence-corrected chi connectivity index (χ1v) is 14.0. The number of likely N-dealkylation sites (N-methyl/N-ethyl adjacent to an activating group) is 1. The number of aliphatic hydroxyl groups is 5. The molecule has 1 saturated heterocycles. The molecule has 0 spiro atoms. The Hall–Kier alpha value is -3.33. The third kappa shape index (κ3) is 4.43. The molecule has 1 aromatic carbocycles. The number of β-amino-alcohol motifs (C(OH)–C–C–N with tert-alkyl or cyclic N) is 1. The van der Waals surface area contributed by atoms with Crippen LogP contribution in [-0.4, -0.2) is 134 Å². The number of Topliss-reactive ketones (excluding diaryl/α,β-unsaturated/α-hetero) is 3. The highest BCUT2D eigenvalue weighted by atomic mass is 16.3. The average Bonchev–Trinajstić information content (AvgIpc) is 2.93.